The first kappa shape index (κ1) is 19.9. The second kappa shape index (κ2) is 8.03. The Kier molecular flexibility index (Phi) is 5.71. The first-order valence-corrected chi connectivity index (χ1v) is 9.50. The van der Waals surface area contributed by atoms with Crippen LogP contribution in [0.1, 0.15) is 18.5 Å². The number of carboxylic acids is 1. The molecule has 3 rings (SSSR count). The van der Waals surface area contributed by atoms with Gasteiger partial charge in [-0.15, -0.1) is 11.8 Å². The van der Waals surface area contributed by atoms with Crippen LogP contribution >= 0.6 is 11.8 Å². The molecule has 2 heterocycles. The Labute approximate surface area is 164 Å². The van der Waals surface area contributed by atoms with E-state index >= 15 is 0 Å². The third-order valence-corrected chi connectivity index (χ3v) is 5.78. The van der Waals surface area contributed by atoms with Crippen molar-refractivity contribution in [2.75, 3.05) is 12.4 Å². The molecule has 0 spiro atoms. The molecular weight excluding hydrogens is 386 g/mol. The molecule has 1 aromatic rings. The van der Waals surface area contributed by atoms with Gasteiger partial charge in [0, 0.05) is 18.2 Å². The minimum Gasteiger partial charge on any atom is -0.477 e. The lowest BCUT2D eigenvalue weighted by Crippen LogP contribution is -2.71. The number of aliphatic carboxylic acids is 1. The molecule has 9 nitrogen and oxygen atoms in total. The van der Waals surface area contributed by atoms with Crippen LogP contribution in [0.5, 0.6) is 0 Å². The number of carbonyl (C=O) groups is 4. The summed E-state index contributed by atoms with van der Waals surface area (Å²) in [7, 11) is 0. The van der Waals surface area contributed by atoms with Crippen LogP contribution in [0.25, 0.3) is 0 Å². The highest BCUT2D eigenvalue weighted by Crippen LogP contribution is 2.40. The standard InChI is InChI=1S/C18H19N3O6S/c1-9(22)27-7-11-8-28-17-13(16(24)21(17)14(11)18(25)26)20-15(23)12(19)10-5-3-2-4-6-10/h2-6,12-13,17H,7-8,19H2,1H3,(H,20,23)(H,25,26)/t12?,13-,17?/m0/s1. The minimum absolute atomic E-state index is 0.198. The number of nitrogens with zero attached hydrogens (tertiary/aromatic N) is 1. The highest BCUT2D eigenvalue weighted by Gasteiger charge is 2.54. The van der Waals surface area contributed by atoms with Crippen molar-refractivity contribution in [2.24, 2.45) is 5.73 Å². The first-order chi connectivity index (χ1) is 13.3. The molecule has 0 aliphatic carbocycles. The largest absolute Gasteiger partial charge is 0.477 e. The number of benzene rings is 1. The fourth-order valence-electron chi connectivity index (χ4n) is 3.04. The van der Waals surface area contributed by atoms with Gasteiger partial charge in [-0.05, 0) is 5.56 Å². The number of β-lactam (4-membered cyclic amide) rings is 1. The summed E-state index contributed by atoms with van der Waals surface area (Å²) < 4.78 is 4.88. The SMILES string of the molecule is CC(=O)OCC1=C(C(=O)O)N2C(=O)[C@H](NC(=O)C(N)c3ccccc3)C2SC1. The van der Waals surface area contributed by atoms with E-state index in [-0.39, 0.29) is 18.1 Å². The molecule has 28 heavy (non-hydrogen) atoms. The number of ether oxygens (including phenoxy) is 1. The van der Waals surface area contributed by atoms with Gasteiger partial charge in [-0.1, -0.05) is 30.3 Å². The third-order valence-electron chi connectivity index (χ3n) is 4.44. The van der Waals surface area contributed by atoms with Gasteiger partial charge in [0.2, 0.25) is 5.91 Å². The maximum Gasteiger partial charge on any atom is 0.352 e. The van der Waals surface area contributed by atoms with Crippen molar-refractivity contribution >= 4 is 35.5 Å². The monoisotopic (exact) mass is 405 g/mol. The number of carbonyl (C=O) groups excluding carboxylic acids is 3. The average Bonchev–Trinajstić information content (AvgIpc) is 2.69. The Hall–Kier alpha value is -2.85. The topological polar surface area (TPSA) is 139 Å². The number of esters is 1. The molecule has 1 saturated heterocycles. The van der Waals surface area contributed by atoms with Crippen LogP contribution in [0.2, 0.25) is 0 Å². The second-order valence-corrected chi connectivity index (χ2v) is 7.43. The highest BCUT2D eigenvalue weighted by molar-refractivity contribution is 8.00. The Morgan fingerprint density at radius 2 is 2.04 bits per heavy atom. The summed E-state index contributed by atoms with van der Waals surface area (Å²) in [5.41, 5.74) is 6.69. The van der Waals surface area contributed by atoms with Crippen molar-refractivity contribution in [3.8, 4) is 0 Å². The smallest absolute Gasteiger partial charge is 0.352 e. The van der Waals surface area contributed by atoms with Crippen LogP contribution in [0.4, 0.5) is 0 Å². The van der Waals surface area contributed by atoms with Crippen molar-refractivity contribution in [1.82, 2.24) is 10.2 Å². The summed E-state index contributed by atoms with van der Waals surface area (Å²) in [6.07, 6.45) is 0. The number of nitrogens with two attached hydrogens (primary N) is 1. The van der Waals surface area contributed by atoms with Crippen LogP contribution in [0.15, 0.2) is 41.6 Å². The minimum atomic E-state index is -1.29. The lowest BCUT2D eigenvalue weighted by atomic mass is 10.0. The Bertz CT molecular complexity index is 856. The molecule has 4 N–H and O–H groups in total. The number of hydrogen-bond donors (Lipinski definition) is 3. The van der Waals surface area contributed by atoms with Gasteiger partial charge in [-0.3, -0.25) is 19.3 Å². The normalized spacial score (nSPS) is 22.1. The van der Waals surface area contributed by atoms with E-state index in [9.17, 15) is 24.3 Å². The number of fused-ring (bicyclic) bond motifs is 1. The predicted octanol–water partition coefficient (Wildman–Crippen LogP) is -0.0119. The van der Waals surface area contributed by atoms with Crippen molar-refractivity contribution in [2.45, 2.75) is 24.4 Å². The Balaban J connectivity index is 1.72. The van der Waals surface area contributed by atoms with Gasteiger partial charge in [0.25, 0.3) is 5.91 Å². The van der Waals surface area contributed by atoms with Gasteiger partial charge in [0.05, 0.1) is 0 Å². The van der Waals surface area contributed by atoms with Gasteiger partial charge in [0.15, 0.2) is 0 Å². The fourth-order valence-corrected chi connectivity index (χ4v) is 4.37. The molecular formula is C18H19N3O6S. The number of carboxylic acid groups (broad SMARTS) is 1. The predicted molar refractivity (Wildman–Crippen MR) is 99.7 cm³/mol. The summed E-state index contributed by atoms with van der Waals surface area (Å²) in [5.74, 6) is -2.62. The summed E-state index contributed by atoms with van der Waals surface area (Å²) in [5, 5.41) is 11.6. The van der Waals surface area contributed by atoms with E-state index in [1.54, 1.807) is 30.3 Å². The first-order valence-electron chi connectivity index (χ1n) is 8.45. The van der Waals surface area contributed by atoms with Crippen molar-refractivity contribution in [3.05, 3.63) is 47.2 Å². The Morgan fingerprint density at radius 3 is 2.64 bits per heavy atom. The molecule has 2 amide bonds. The maximum absolute atomic E-state index is 12.5. The van der Waals surface area contributed by atoms with Gasteiger partial charge in [0.1, 0.15) is 29.8 Å². The third kappa shape index (κ3) is 3.73. The van der Waals surface area contributed by atoms with E-state index in [2.05, 4.69) is 5.32 Å². The van der Waals surface area contributed by atoms with E-state index < -0.39 is 41.2 Å². The molecule has 2 aliphatic rings. The van der Waals surface area contributed by atoms with E-state index in [1.165, 1.54) is 18.7 Å². The molecule has 0 saturated carbocycles. The lowest BCUT2D eigenvalue weighted by molar-refractivity contribution is -0.151. The van der Waals surface area contributed by atoms with E-state index in [1.807, 2.05) is 0 Å². The van der Waals surface area contributed by atoms with Gasteiger partial charge >= 0.3 is 11.9 Å². The lowest BCUT2D eigenvalue weighted by Gasteiger charge is -2.49. The zero-order valence-corrected chi connectivity index (χ0v) is 15.8. The van der Waals surface area contributed by atoms with Gasteiger partial charge in [-0.2, -0.15) is 0 Å². The van der Waals surface area contributed by atoms with Crippen molar-refractivity contribution in [1.29, 1.82) is 0 Å². The molecule has 1 aromatic carbocycles. The summed E-state index contributed by atoms with van der Waals surface area (Å²) >= 11 is 1.29. The molecule has 2 aliphatic heterocycles. The summed E-state index contributed by atoms with van der Waals surface area (Å²) in [6.45, 7) is 1.02. The molecule has 0 aromatic heterocycles. The van der Waals surface area contributed by atoms with Crippen LogP contribution in [0.3, 0.4) is 0 Å². The molecule has 0 bridgehead atoms. The number of amides is 2. The quantitative estimate of drug-likeness (QED) is 0.444. The fraction of sp³-hybridized carbons (Fsp3) is 0.333. The molecule has 2 unspecified atom stereocenters. The van der Waals surface area contributed by atoms with Crippen LogP contribution in [-0.4, -0.2) is 57.5 Å². The second-order valence-electron chi connectivity index (χ2n) is 6.32. The average molecular weight is 405 g/mol. The molecule has 3 atom stereocenters. The summed E-state index contributed by atoms with van der Waals surface area (Å²) in [4.78, 5) is 48.7. The van der Waals surface area contributed by atoms with Crippen LogP contribution in [0, 0.1) is 0 Å². The Morgan fingerprint density at radius 1 is 1.36 bits per heavy atom. The van der Waals surface area contributed by atoms with Gasteiger partial charge < -0.3 is 20.9 Å². The highest BCUT2D eigenvalue weighted by atomic mass is 32.2. The zero-order chi connectivity index (χ0) is 20.4. The molecule has 148 valence electrons. The van der Waals surface area contributed by atoms with Crippen molar-refractivity contribution < 1.29 is 29.0 Å². The zero-order valence-electron chi connectivity index (χ0n) is 15.0. The number of hydrogen-bond acceptors (Lipinski definition) is 7. The summed E-state index contributed by atoms with van der Waals surface area (Å²) in [6, 6.07) is 6.92. The van der Waals surface area contributed by atoms with Crippen molar-refractivity contribution in [3.63, 3.8) is 0 Å². The molecule has 1 fully saturated rings. The molecule has 0 radical (unpaired) electrons. The van der Waals surface area contributed by atoms with Crippen LogP contribution in [-0.2, 0) is 23.9 Å². The van der Waals surface area contributed by atoms with E-state index in [0.29, 0.717) is 11.1 Å². The van der Waals surface area contributed by atoms with Gasteiger partial charge in [-0.25, -0.2) is 4.79 Å². The number of nitrogens with one attached hydrogen (secondary N) is 1. The number of thioether (sulfide) groups is 1. The maximum atomic E-state index is 12.5. The van der Waals surface area contributed by atoms with E-state index in [0.717, 1.165) is 4.90 Å². The molecule has 10 heteroatoms. The van der Waals surface area contributed by atoms with E-state index in [4.69, 9.17) is 10.5 Å². The number of rotatable bonds is 6. The van der Waals surface area contributed by atoms with Crippen LogP contribution < -0.4 is 11.1 Å².